The van der Waals surface area contributed by atoms with Gasteiger partial charge in [-0.2, -0.15) is 5.10 Å². The Balaban J connectivity index is 1.99. The first kappa shape index (κ1) is 13.4. The Labute approximate surface area is 122 Å². The number of nitrogens with one attached hydrogen (secondary N) is 1. The number of ether oxygens (including phenoxy) is 1. The van der Waals surface area contributed by atoms with Gasteiger partial charge in [-0.05, 0) is 49.6 Å². The fourth-order valence-corrected chi connectivity index (χ4v) is 2.40. The number of para-hydroxylation sites is 1. The Kier molecular flexibility index (Phi) is 3.22. The first-order valence-corrected chi connectivity index (χ1v) is 6.78. The number of hydrogen-bond donors (Lipinski definition) is 1. The third kappa shape index (κ3) is 2.40. The summed E-state index contributed by atoms with van der Waals surface area (Å²) >= 11 is 0. The van der Waals surface area contributed by atoms with Crippen LogP contribution in [0.1, 0.15) is 27.0 Å². The van der Waals surface area contributed by atoms with Gasteiger partial charge < -0.3 is 4.74 Å². The minimum Gasteiger partial charge on any atom is -0.423 e. The van der Waals surface area contributed by atoms with E-state index >= 15 is 0 Å². The second-order valence-corrected chi connectivity index (χ2v) is 5.23. The molecule has 2 aromatic carbocycles. The average Bonchev–Trinajstić information content (AvgIpc) is 2.92. The maximum Gasteiger partial charge on any atom is 0.345 e. The molecule has 0 fully saturated rings. The number of benzene rings is 2. The van der Waals surface area contributed by atoms with Crippen molar-refractivity contribution in [1.29, 1.82) is 0 Å². The molecule has 1 N–H and O–H groups in total. The molecule has 0 saturated heterocycles. The van der Waals surface area contributed by atoms with Gasteiger partial charge in [0.2, 0.25) is 0 Å². The lowest BCUT2D eigenvalue weighted by Gasteiger charge is -2.11. The van der Waals surface area contributed by atoms with E-state index in [1.54, 1.807) is 12.3 Å². The molecular formula is C17H16N2O2. The van der Waals surface area contributed by atoms with Crippen LogP contribution < -0.4 is 4.74 Å². The number of H-pyrrole nitrogens is 1. The molecular weight excluding hydrogens is 264 g/mol. The molecule has 1 aromatic heterocycles. The molecule has 106 valence electrons. The van der Waals surface area contributed by atoms with Crippen molar-refractivity contribution >= 4 is 16.9 Å². The van der Waals surface area contributed by atoms with Gasteiger partial charge in [-0.3, -0.25) is 5.10 Å². The smallest absolute Gasteiger partial charge is 0.345 e. The molecule has 0 spiro atoms. The van der Waals surface area contributed by atoms with E-state index in [4.69, 9.17) is 4.74 Å². The molecule has 1 heterocycles. The van der Waals surface area contributed by atoms with E-state index in [2.05, 4.69) is 16.3 Å². The summed E-state index contributed by atoms with van der Waals surface area (Å²) in [5.41, 5.74) is 4.34. The van der Waals surface area contributed by atoms with E-state index in [0.717, 1.165) is 22.1 Å². The molecule has 0 aliphatic carbocycles. The molecule has 0 atom stereocenters. The maximum atomic E-state index is 12.4. The van der Waals surface area contributed by atoms with E-state index < -0.39 is 0 Å². The number of carbonyl (C=O) groups is 1. The van der Waals surface area contributed by atoms with E-state index in [-0.39, 0.29) is 5.97 Å². The van der Waals surface area contributed by atoms with Gasteiger partial charge in [-0.25, -0.2) is 4.79 Å². The van der Waals surface area contributed by atoms with Crippen molar-refractivity contribution in [3.8, 4) is 5.75 Å². The predicted octanol–water partition coefficient (Wildman–Crippen LogP) is 3.71. The first-order chi connectivity index (χ1) is 10.1. The molecule has 0 unspecified atom stereocenters. The standard InChI is InChI=1S/C17H16N2O2/c1-10-7-11(2)12(3)15(8-10)21-17(20)14-6-4-5-13-9-18-19-16(13)14/h4-9H,1-3H3,(H,18,19). The van der Waals surface area contributed by atoms with E-state index in [9.17, 15) is 4.79 Å². The van der Waals surface area contributed by atoms with Gasteiger partial charge in [0.1, 0.15) is 5.75 Å². The van der Waals surface area contributed by atoms with Gasteiger partial charge in [0.15, 0.2) is 0 Å². The van der Waals surface area contributed by atoms with Crippen LogP contribution in [0.15, 0.2) is 36.5 Å². The highest BCUT2D eigenvalue weighted by Crippen LogP contribution is 2.25. The first-order valence-electron chi connectivity index (χ1n) is 6.78. The molecule has 0 amide bonds. The molecule has 0 bridgehead atoms. The number of aryl methyl sites for hydroxylation is 2. The summed E-state index contributed by atoms with van der Waals surface area (Å²) < 4.78 is 5.58. The zero-order chi connectivity index (χ0) is 15.0. The normalized spacial score (nSPS) is 10.8. The van der Waals surface area contributed by atoms with Gasteiger partial charge in [0.05, 0.1) is 17.3 Å². The lowest BCUT2D eigenvalue weighted by molar-refractivity contribution is 0.0735. The highest BCUT2D eigenvalue weighted by molar-refractivity contribution is 6.03. The lowest BCUT2D eigenvalue weighted by Crippen LogP contribution is -2.10. The predicted molar refractivity (Wildman–Crippen MR) is 81.7 cm³/mol. The highest BCUT2D eigenvalue weighted by Gasteiger charge is 2.15. The van der Waals surface area contributed by atoms with Gasteiger partial charge in [-0.15, -0.1) is 0 Å². The second-order valence-electron chi connectivity index (χ2n) is 5.23. The van der Waals surface area contributed by atoms with Crippen LogP contribution in [0.5, 0.6) is 5.75 Å². The number of hydrogen-bond acceptors (Lipinski definition) is 3. The minimum atomic E-state index is -0.377. The van der Waals surface area contributed by atoms with Crippen molar-refractivity contribution in [2.24, 2.45) is 0 Å². The number of carbonyl (C=O) groups excluding carboxylic acids is 1. The molecule has 0 aliphatic rings. The SMILES string of the molecule is Cc1cc(C)c(C)c(OC(=O)c2cccc3cn[nH]c23)c1. The molecule has 4 nitrogen and oxygen atoms in total. The maximum absolute atomic E-state index is 12.4. The van der Waals surface area contributed by atoms with Crippen molar-refractivity contribution in [3.63, 3.8) is 0 Å². The van der Waals surface area contributed by atoms with Gasteiger partial charge >= 0.3 is 5.97 Å². The van der Waals surface area contributed by atoms with Crippen LogP contribution in [0.4, 0.5) is 0 Å². The number of nitrogens with zero attached hydrogens (tertiary/aromatic N) is 1. The van der Waals surface area contributed by atoms with Gasteiger partial charge in [-0.1, -0.05) is 18.2 Å². The third-order valence-corrected chi connectivity index (χ3v) is 3.66. The second kappa shape index (κ2) is 5.05. The molecule has 0 radical (unpaired) electrons. The Bertz CT molecular complexity index is 834. The highest BCUT2D eigenvalue weighted by atomic mass is 16.5. The summed E-state index contributed by atoms with van der Waals surface area (Å²) in [5.74, 6) is 0.229. The van der Waals surface area contributed by atoms with Crippen molar-refractivity contribution in [2.45, 2.75) is 20.8 Å². The topological polar surface area (TPSA) is 55.0 Å². The molecule has 21 heavy (non-hydrogen) atoms. The summed E-state index contributed by atoms with van der Waals surface area (Å²) in [4.78, 5) is 12.4. The van der Waals surface area contributed by atoms with Crippen molar-refractivity contribution in [2.75, 3.05) is 0 Å². The van der Waals surface area contributed by atoms with Crippen LogP contribution in [0, 0.1) is 20.8 Å². The molecule has 0 aliphatic heterocycles. The van der Waals surface area contributed by atoms with Crippen LogP contribution in [0.25, 0.3) is 10.9 Å². The Morgan fingerprint density at radius 1 is 1.19 bits per heavy atom. The number of aromatic amines is 1. The number of esters is 1. The van der Waals surface area contributed by atoms with E-state index in [1.807, 2.05) is 39.0 Å². The van der Waals surface area contributed by atoms with Crippen LogP contribution in [0.3, 0.4) is 0 Å². The summed E-state index contributed by atoms with van der Waals surface area (Å²) in [6, 6.07) is 9.41. The zero-order valence-corrected chi connectivity index (χ0v) is 12.2. The third-order valence-electron chi connectivity index (χ3n) is 3.66. The van der Waals surface area contributed by atoms with E-state index in [0.29, 0.717) is 16.8 Å². The van der Waals surface area contributed by atoms with Gasteiger partial charge in [0, 0.05) is 5.39 Å². The Morgan fingerprint density at radius 2 is 2.00 bits per heavy atom. The molecule has 4 heteroatoms. The summed E-state index contributed by atoms with van der Waals surface area (Å²) in [6.45, 7) is 5.95. The van der Waals surface area contributed by atoms with Crippen molar-refractivity contribution in [1.82, 2.24) is 10.2 Å². The van der Waals surface area contributed by atoms with Crippen molar-refractivity contribution < 1.29 is 9.53 Å². The number of rotatable bonds is 2. The molecule has 0 saturated carbocycles. The average molecular weight is 280 g/mol. The van der Waals surface area contributed by atoms with Crippen molar-refractivity contribution in [3.05, 3.63) is 58.8 Å². The summed E-state index contributed by atoms with van der Waals surface area (Å²) in [5, 5.41) is 7.70. The fourth-order valence-electron chi connectivity index (χ4n) is 2.40. The largest absolute Gasteiger partial charge is 0.423 e. The Morgan fingerprint density at radius 3 is 2.81 bits per heavy atom. The number of fused-ring (bicyclic) bond motifs is 1. The summed E-state index contributed by atoms with van der Waals surface area (Å²) in [7, 11) is 0. The zero-order valence-electron chi connectivity index (χ0n) is 12.2. The minimum absolute atomic E-state index is 0.377. The van der Waals surface area contributed by atoms with E-state index in [1.165, 1.54) is 0 Å². The molecule has 3 rings (SSSR count). The number of aromatic nitrogens is 2. The van der Waals surface area contributed by atoms with Crippen LogP contribution in [-0.4, -0.2) is 16.2 Å². The lowest BCUT2D eigenvalue weighted by atomic mass is 10.1. The van der Waals surface area contributed by atoms with Gasteiger partial charge in [0.25, 0.3) is 0 Å². The monoisotopic (exact) mass is 280 g/mol. The Hall–Kier alpha value is -2.62. The fraction of sp³-hybridized carbons (Fsp3) is 0.176. The quantitative estimate of drug-likeness (QED) is 0.575. The molecule has 3 aromatic rings. The van der Waals surface area contributed by atoms with Crippen LogP contribution >= 0.6 is 0 Å². The van der Waals surface area contributed by atoms with Crippen LogP contribution in [0.2, 0.25) is 0 Å². The van der Waals surface area contributed by atoms with Crippen LogP contribution in [-0.2, 0) is 0 Å². The summed E-state index contributed by atoms with van der Waals surface area (Å²) in [6.07, 6.45) is 1.69.